The van der Waals surface area contributed by atoms with Gasteiger partial charge >= 0.3 is 0 Å². The molecule has 3 heteroatoms. The maximum absolute atomic E-state index is 12.2. The minimum Gasteiger partial charge on any atom is -0.317 e. The summed E-state index contributed by atoms with van der Waals surface area (Å²) in [6.07, 6.45) is 4.49. The van der Waals surface area contributed by atoms with Gasteiger partial charge in [0.05, 0.1) is 6.04 Å². The zero-order valence-corrected chi connectivity index (χ0v) is 10.5. The summed E-state index contributed by atoms with van der Waals surface area (Å²) in [5, 5.41) is 1.98. The summed E-state index contributed by atoms with van der Waals surface area (Å²) < 4.78 is 0. The lowest BCUT2D eigenvalue weighted by molar-refractivity contribution is -0.125. The average molecular weight is 237 g/mol. The molecule has 1 heterocycles. The molecule has 2 N–H and O–H groups in total. The molecule has 0 aromatic carbocycles. The topological polar surface area (TPSA) is 43.1 Å². The number of thiophene rings is 1. The summed E-state index contributed by atoms with van der Waals surface area (Å²) in [5.74, 6) is 1.12. The van der Waals surface area contributed by atoms with Gasteiger partial charge in [-0.25, -0.2) is 0 Å². The summed E-state index contributed by atoms with van der Waals surface area (Å²) in [7, 11) is 0. The number of ketones is 1. The van der Waals surface area contributed by atoms with E-state index in [-0.39, 0.29) is 11.7 Å². The van der Waals surface area contributed by atoms with Crippen molar-refractivity contribution in [2.75, 3.05) is 0 Å². The van der Waals surface area contributed by atoms with Gasteiger partial charge in [0, 0.05) is 10.8 Å². The molecule has 88 valence electrons. The minimum absolute atomic E-state index is 0.195. The Labute approximate surface area is 101 Å². The van der Waals surface area contributed by atoms with Crippen molar-refractivity contribution in [3.63, 3.8) is 0 Å². The largest absolute Gasteiger partial charge is 0.317 e. The Kier molecular flexibility index (Phi) is 3.77. The van der Waals surface area contributed by atoms with Crippen LogP contribution in [0.5, 0.6) is 0 Å². The lowest BCUT2D eigenvalue weighted by Crippen LogP contribution is -2.30. The van der Waals surface area contributed by atoms with Crippen molar-refractivity contribution in [3.8, 4) is 0 Å². The molecular weight excluding hydrogens is 218 g/mol. The van der Waals surface area contributed by atoms with E-state index in [9.17, 15) is 4.79 Å². The maximum Gasteiger partial charge on any atom is 0.157 e. The van der Waals surface area contributed by atoms with Crippen LogP contribution in [-0.2, 0) is 4.79 Å². The van der Waals surface area contributed by atoms with E-state index in [2.05, 4.69) is 6.92 Å². The Morgan fingerprint density at radius 2 is 2.38 bits per heavy atom. The first kappa shape index (κ1) is 11.8. The van der Waals surface area contributed by atoms with Gasteiger partial charge in [-0.2, -0.15) is 0 Å². The van der Waals surface area contributed by atoms with E-state index in [0.29, 0.717) is 5.92 Å². The van der Waals surface area contributed by atoms with Gasteiger partial charge in [-0.1, -0.05) is 25.8 Å². The van der Waals surface area contributed by atoms with E-state index < -0.39 is 6.04 Å². The molecule has 1 saturated carbocycles. The second-order valence-corrected chi connectivity index (χ2v) is 5.84. The highest BCUT2D eigenvalue weighted by atomic mass is 32.1. The van der Waals surface area contributed by atoms with E-state index in [1.807, 2.05) is 17.5 Å². The van der Waals surface area contributed by atoms with Gasteiger partial charge < -0.3 is 5.73 Å². The molecule has 1 aromatic rings. The van der Waals surface area contributed by atoms with Crippen molar-refractivity contribution in [2.45, 2.75) is 38.6 Å². The van der Waals surface area contributed by atoms with Crippen LogP contribution < -0.4 is 5.73 Å². The summed E-state index contributed by atoms with van der Waals surface area (Å²) in [5.41, 5.74) is 6.02. The Balaban J connectivity index is 2.01. The van der Waals surface area contributed by atoms with Gasteiger partial charge in [0.15, 0.2) is 5.78 Å². The molecule has 1 fully saturated rings. The van der Waals surface area contributed by atoms with Crippen LogP contribution in [0.4, 0.5) is 0 Å². The van der Waals surface area contributed by atoms with Crippen molar-refractivity contribution < 1.29 is 4.79 Å². The van der Waals surface area contributed by atoms with Gasteiger partial charge in [0.2, 0.25) is 0 Å². The molecular formula is C13H19NOS. The quantitative estimate of drug-likeness (QED) is 0.877. The number of carbonyl (C=O) groups excluding carboxylic acids is 1. The third-order valence-electron chi connectivity index (χ3n) is 3.49. The van der Waals surface area contributed by atoms with Crippen molar-refractivity contribution in [2.24, 2.45) is 17.6 Å². The second-order valence-electron chi connectivity index (χ2n) is 4.86. The molecule has 1 aromatic heterocycles. The average Bonchev–Trinajstić information content (AvgIpc) is 2.80. The third-order valence-corrected chi connectivity index (χ3v) is 4.45. The Bertz CT molecular complexity index is 347. The van der Waals surface area contributed by atoms with Crippen LogP contribution >= 0.6 is 11.3 Å². The number of hydrogen-bond donors (Lipinski definition) is 1. The fraction of sp³-hybridized carbons (Fsp3) is 0.615. The zero-order chi connectivity index (χ0) is 11.5. The number of rotatable bonds is 3. The van der Waals surface area contributed by atoms with E-state index in [4.69, 9.17) is 5.73 Å². The van der Waals surface area contributed by atoms with E-state index >= 15 is 0 Å². The summed E-state index contributed by atoms with van der Waals surface area (Å²) in [4.78, 5) is 13.2. The predicted molar refractivity (Wildman–Crippen MR) is 67.4 cm³/mol. The molecule has 0 radical (unpaired) electrons. The fourth-order valence-corrected chi connectivity index (χ4v) is 3.29. The molecule has 3 atom stereocenters. The first-order valence-corrected chi connectivity index (χ1v) is 6.89. The lowest BCUT2D eigenvalue weighted by atomic mass is 9.78. The zero-order valence-electron chi connectivity index (χ0n) is 9.69. The highest BCUT2D eigenvalue weighted by Gasteiger charge is 2.29. The fourth-order valence-electron chi connectivity index (χ4n) is 2.55. The van der Waals surface area contributed by atoms with Crippen LogP contribution in [0.25, 0.3) is 0 Å². The van der Waals surface area contributed by atoms with Crippen molar-refractivity contribution in [3.05, 3.63) is 22.4 Å². The normalized spacial score (nSPS) is 27.6. The standard InChI is InChI=1S/C13H19NOS/c1-9-4-2-5-10(8-9)13(15)12(14)11-6-3-7-16-11/h3,6-7,9-10,12H,2,4-5,8,14H2,1H3. The number of carbonyl (C=O) groups is 1. The number of hydrogen-bond acceptors (Lipinski definition) is 3. The minimum atomic E-state index is -0.393. The lowest BCUT2D eigenvalue weighted by Gasteiger charge is -2.27. The van der Waals surface area contributed by atoms with Gasteiger partial charge in [0.25, 0.3) is 0 Å². The molecule has 0 saturated heterocycles. The molecule has 16 heavy (non-hydrogen) atoms. The maximum atomic E-state index is 12.2. The van der Waals surface area contributed by atoms with E-state index in [0.717, 1.165) is 17.7 Å². The highest BCUT2D eigenvalue weighted by molar-refractivity contribution is 7.10. The molecule has 2 nitrogen and oxygen atoms in total. The van der Waals surface area contributed by atoms with Crippen LogP contribution in [-0.4, -0.2) is 5.78 Å². The van der Waals surface area contributed by atoms with Gasteiger partial charge in [-0.05, 0) is 30.2 Å². The predicted octanol–water partition coefficient (Wildman–Crippen LogP) is 3.14. The van der Waals surface area contributed by atoms with Crippen molar-refractivity contribution in [1.82, 2.24) is 0 Å². The third kappa shape index (κ3) is 2.53. The van der Waals surface area contributed by atoms with Gasteiger partial charge in [-0.3, -0.25) is 4.79 Å². The van der Waals surface area contributed by atoms with Crippen LogP contribution in [0.1, 0.15) is 43.5 Å². The molecule has 1 aliphatic carbocycles. The molecule has 1 aliphatic rings. The van der Waals surface area contributed by atoms with Crippen LogP contribution in [0.15, 0.2) is 17.5 Å². The van der Waals surface area contributed by atoms with E-state index in [1.54, 1.807) is 11.3 Å². The first-order chi connectivity index (χ1) is 7.68. The number of Topliss-reactive ketones (excluding diaryl/α,β-unsaturated/α-hetero) is 1. The highest BCUT2D eigenvalue weighted by Crippen LogP contribution is 2.32. The molecule has 0 aliphatic heterocycles. The summed E-state index contributed by atoms with van der Waals surface area (Å²) in [6.45, 7) is 2.23. The SMILES string of the molecule is CC1CCCC(C(=O)C(N)c2cccs2)C1. The van der Waals surface area contributed by atoms with Crippen LogP contribution in [0.2, 0.25) is 0 Å². The monoisotopic (exact) mass is 237 g/mol. The summed E-state index contributed by atoms with van der Waals surface area (Å²) in [6, 6.07) is 3.52. The smallest absolute Gasteiger partial charge is 0.157 e. The number of nitrogens with two attached hydrogens (primary N) is 1. The Morgan fingerprint density at radius 3 is 3.00 bits per heavy atom. The van der Waals surface area contributed by atoms with Crippen LogP contribution in [0.3, 0.4) is 0 Å². The molecule has 0 spiro atoms. The van der Waals surface area contributed by atoms with Crippen molar-refractivity contribution in [1.29, 1.82) is 0 Å². The Hall–Kier alpha value is -0.670. The van der Waals surface area contributed by atoms with Gasteiger partial charge in [-0.15, -0.1) is 11.3 Å². The van der Waals surface area contributed by atoms with Crippen LogP contribution in [0, 0.1) is 11.8 Å². The molecule has 0 amide bonds. The Morgan fingerprint density at radius 1 is 1.56 bits per heavy atom. The molecule has 0 bridgehead atoms. The van der Waals surface area contributed by atoms with E-state index in [1.165, 1.54) is 12.8 Å². The van der Waals surface area contributed by atoms with Gasteiger partial charge in [0.1, 0.15) is 0 Å². The molecule has 2 rings (SSSR count). The van der Waals surface area contributed by atoms with Crippen molar-refractivity contribution >= 4 is 17.1 Å². The molecule has 3 unspecified atom stereocenters. The first-order valence-electron chi connectivity index (χ1n) is 6.01. The summed E-state index contributed by atoms with van der Waals surface area (Å²) >= 11 is 1.58. The second kappa shape index (κ2) is 5.11.